The number of anilines is 2. The lowest BCUT2D eigenvalue weighted by atomic mass is 9.77. The summed E-state index contributed by atoms with van der Waals surface area (Å²) in [5, 5.41) is 4.15. The number of hydrogen-bond acceptors (Lipinski definition) is 3. The van der Waals surface area contributed by atoms with Gasteiger partial charge in [-0.2, -0.15) is 0 Å². The van der Waals surface area contributed by atoms with Gasteiger partial charge >= 0.3 is 0 Å². The van der Waals surface area contributed by atoms with Crippen LogP contribution in [0.5, 0.6) is 0 Å². The third kappa shape index (κ3) is 3.84. The van der Waals surface area contributed by atoms with Gasteiger partial charge in [0.1, 0.15) is 0 Å². The molecule has 4 nitrogen and oxygen atoms in total. The van der Waals surface area contributed by atoms with Crippen LogP contribution in [0.3, 0.4) is 0 Å². The number of sulfonamides is 1. The molecule has 31 heavy (non-hydrogen) atoms. The molecule has 3 aromatic rings. The summed E-state index contributed by atoms with van der Waals surface area (Å²) in [5.74, 6) is 0.540. The average molecular weight is 451 g/mol. The van der Waals surface area contributed by atoms with Crippen molar-refractivity contribution in [1.29, 1.82) is 0 Å². The van der Waals surface area contributed by atoms with Crippen molar-refractivity contribution in [3.8, 4) is 0 Å². The summed E-state index contributed by atoms with van der Waals surface area (Å²) in [4.78, 5) is 0.251. The zero-order valence-corrected chi connectivity index (χ0v) is 18.6. The third-order valence-corrected chi connectivity index (χ3v) is 7.77. The van der Waals surface area contributed by atoms with Crippen LogP contribution in [0.4, 0.5) is 11.4 Å². The fourth-order valence-electron chi connectivity index (χ4n) is 4.61. The minimum absolute atomic E-state index is 0.184. The Balaban J connectivity index is 1.49. The van der Waals surface area contributed by atoms with Crippen molar-refractivity contribution in [3.05, 3.63) is 101 Å². The molecule has 1 heterocycles. The number of benzene rings is 3. The number of halogens is 1. The van der Waals surface area contributed by atoms with Crippen molar-refractivity contribution in [1.82, 2.24) is 0 Å². The molecule has 1 aliphatic carbocycles. The summed E-state index contributed by atoms with van der Waals surface area (Å²) in [7, 11) is -3.72. The van der Waals surface area contributed by atoms with Gasteiger partial charge in [-0.05, 0) is 66.8 Å². The van der Waals surface area contributed by atoms with Gasteiger partial charge in [-0.25, -0.2) is 8.42 Å². The molecule has 0 aromatic heterocycles. The molecular formula is C25H23ClN2O2S. The first-order chi connectivity index (χ1) is 14.9. The monoisotopic (exact) mass is 450 g/mol. The Morgan fingerprint density at radius 1 is 1.03 bits per heavy atom. The van der Waals surface area contributed by atoms with Crippen molar-refractivity contribution in [2.45, 2.75) is 30.2 Å². The summed E-state index contributed by atoms with van der Waals surface area (Å²) in [6, 6.07) is 20.9. The highest BCUT2D eigenvalue weighted by atomic mass is 35.5. The Bertz CT molecular complexity index is 1270. The highest BCUT2D eigenvalue weighted by Gasteiger charge is 2.38. The first kappa shape index (κ1) is 20.2. The summed E-state index contributed by atoms with van der Waals surface area (Å²) in [5.41, 5.74) is 4.95. The maximum atomic E-state index is 13.0. The zero-order valence-electron chi connectivity index (χ0n) is 17.0. The van der Waals surface area contributed by atoms with Crippen LogP contribution in [0.25, 0.3) is 0 Å². The predicted molar refractivity (Wildman–Crippen MR) is 126 cm³/mol. The van der Waals surface area contributed by atoms with Crippen LogP contribution in [0.2, 0.25) is 5.02 Å². The van der Waals surface area contributed by atoms with Gasteiger partial charge in [0.15, 0.2) is 0 Å². The number of aryl methyl sites for hydroxylation is 1. The molecule has 0 fully saturated rings. The van der Waals surface area contributed by atoms with Crippen molar-refractivity contribution in [3.63, 3.8) is 0 Å². The number of allylic oxidation sites excluding steroid dienone is 2. The van der Waals surface area contributed by atoms with E-state index < -0.39 is 10.0 Å². The van der Waals surface area contributed by atoms with Crippen LogP contribution in [-0.2, 0) is 10.0 Å². The Hall–Kier alpha value is -2.76. The van der Waals surface area contributed by atoms with E-state index in [9.17, 15) is 8.42 Å². The van der Waals surface area contributed by atoms with E-state index in [2.05, 4.69) is 53.4 Å². The molecule has 6 heteroatoms. The second kappa shape index (κ2) is 7.74. The predicted octanol–water partition coefficient (Wildman–Crippen LogP) is 6.28. The van der Waals surface area contributed by atoms with Crippen molar-refractivity contribution < 1.29 is 8.42 Å². The molecule has 5 rings (SSSR count). The molecule has 0 saturated heterocycles. The van der Waals surface area contributed by atoms with Gasteiger partial charge < -0.3 is 5.32 Å². The normalized spacial score (nSPS) is 21.8. The van der Waals surface area contributed by atoms with Crippen molar-refractivity contribution in [2.24, 2.45) is 5.92 Å². The fourth-order valence-corrected chi connectivity index (χ4v) is 5.88. The van der Waals surface area contributed by atoms with Gasteiger partial charge in [-0.3, -0.25) is 4.72 Å². The minimum atomic E-state index is -3.72. The van der Waals surface area contributed by atoms with E-state index in [1.807, 2.05) is 6.07 Å². The Morgan fingerprint density at radius 3 is 2.61 bits per heavy atom. The van der Waals surface area contributed by atoms with Crippen LogP contribution < -0.4 is 10.0 Å². The molecule has 0 saturated carbocycles. The Morgan fingerprint density at radius 2 is 1.84 bits per heavy atom. The first-order valence-corrected chi connectivity index (χ1v) is 12.2. The standard InChI is InChI=1S/C25H23ClN2O2S/c1-16-8-10-17(11-9-16)25-22-7-3-6-21(22)23-15-20(12-13-24(23)27-25)31(29,30)28-19-5-2-4-18(26)14-19/h2-6,8-15,21-22,25,27-28H,7H2,1H3/t21-,22+,25+/m0/s1. The zero-order chi connectivity index (χ0) is 21.6. The van der Waals surface area contributed by atoms with Gasteiger partial charge in [0.25, 0.3) is 10.0 Å². The summed E-state index contributed by atoms with van der Waals surface area (Å²) < 4.78 is 28.7. The summed E-state index contributed by atoms with van der Waals surface area (Å²) in [6.45, 7) is 2.09. The lowest BCUT2D eigenvalue weighted by molar-refractivity contribution is 0.425. The van der Waals surface area contributed by atoms with Gasteiger partial charge in [0.2, 0.25) is 0 Å². The van der Waals surface area contributed by atoms with Crippen LogP contribution >= 0.6 is 11.6 Å². The molecule has 2 aliphatic rings. The molecule has 0 spiro atoms. The quantitative estimate of drug-likeness (QED) is 0.460. The molecule has 3 atom stereocenters. The smallest absolute Gasteiger partial charge is 0.261 e. The topological polar surface area (TPSA) is 58.2 Å². The molecule has 0 amide bonds. The molecule has 0 bridgehead atoms. The second-order valence-corrected chi connectivity index (χ2v) is 10.4. The van der Waals surface area contributed by atoms with Crippen molar-refractivity contribution in [2.75, 3.05) is 10.0 Å². The van der Waals surface area contributed by atoms with Crippen LogP contribution in [0.1, 0.15) is 35.1 Å². The van der Waals surface area contributed by atoms with Gasteiger partial charge in [-0.15, -0.1) is 0 Å². The Kier molecular flexibility index (Phi) is 5.03. The molecule has 2 N–H and O–H groups in total. The average Bonchev–Trinajstić information content (AvgIpc) is 3.23. The third-order valence-electron chi connectivity index (χ3n) is 6.16. The SMILES string of the molecule is Cc1ccc([C@H]2Nc3ccc(S(=O)(=O)Nc4cccc(Cl)c4)cc3[C@H]3C=CC[C@H]32)cc1. The fraction of sp³-hybridized carbons (Fsp3) is 0.200. The van der Waals surface area contributed by atoms with E-state index in [4.69, 9.17) is 11.6 Å². The van der Waals surface area contributed by atoms with Gasteiger partial charge in [-0.1, -0.05) is 59.6 Å². The van der Waals surface area contributed by atoms with Crippen LogP contribution in [0.15, 0.2) is 83.8 Å². The van der Waals surface area contributed by atoms with E-state index >= 15 is 0 Å². The Labute approximate surface area is 188 Å². The summed E-state index contributed by atoms with van der Waals surface area (Å²) in [6.07, 6.45) is 5.39. The number of nitrogens with one attached hydrogen (secondary N) is 2. The molecular weight excluding hydrogens is 428 g/mol. The molecule has 158 valence electrons. The maximum Gasteiger partial charge on any atom is 0.261 e. The van der Waals surface area contributed by atoms with Gasteiger partial charge in [0.05, 0.1) is 16.6 Å². The second-order valence-electron chi connectivity index (χ2n) is 8.25. The first-order valence-electron chi connectivity index (χ1n) is 10.3. The van der Waals surface area contributed by atoms with Crippen LogP contribution in [0, 0.1) is 12.8 Å². The maximum absolute atomic E-state index is 13.0. The van der Waals surface area contributed by atoms with E-state index in [0.717, 1.165) is 17.7 Å². The minimum Gasteiger partial charge on any atom is -0.378 e. The molecule has 1 aliphatic heterocycles. The van der Waals surface area contributed by atoms with Crippen LogP contribution in [-0.4, -0.2) is 8.42 Å². The molecule has 3 aromatic carbocycles. The van der Waals surface area contributed by atoms with E-state index in [1.165, 1.54) is 11.1 Å². The lowest BCUT2D eigenvalue weighted by Gasteiger charge is -2.37. The number of fused-ring (bicyclic) bond motifs is 3. The van der Waals surface area contributed by atoms with Crippen molar-refractivity contribution >= 4 is 33.0 Å². The number of rotatable bonds is 4. The van der Waals surface area contributed by atoms with Gasteiger partial charge in [0, 0.05) is 16.6 Å². The highest BCUT2D eigenvalue weighted by molar-refractivity contribution is 7.92. The lowest BCUT2D eigenvalue weighted by Crippen LogP contribution is -2.29. The number of hydrogen-bond donors (Lipinski definition) is 2. The van der Waals surface area contributed by atoms with E-state index in [0.29, 0.717) is 16.6 Å². The largest absolute Gasteiger partial charge is 0.378 e. The summed E-state index contributed by atoms with van der Waals surface area (Å²) >= 11 is 6.00. The molecule has 0 radical (unpaired) electrons. The van der Waals surface area contributed by atoms with E-state index in [1.54, 1.807) is 36.4 Å². The highest BCUT2D eigenvalue weighted by Crippen LogP contribution is 2.50. The molecule has 0 unspecified atom stereocenters. The van der Waals surface area contributed by atoms with E-state index in [-0.39, 0.29) is 16.9 Å².